The van der Waals surface area contributed by atoms with Crippen molar-refractivity contribution in [3.63, 3.8) is 0 Å². The van der Waals surface area contributed by atoms with E-state index in [1.807, 2.05) is 0 Å². The molecule has 0 aromatic heterocycles. The zero-order valence-electron chi connectivity index (χ0n) is 14.9. The Morgan fingerprint density at radius 3 is 2.29 bits per heavy atom. The second kappa shape index (κ2) is 6.32. The third kappa shape index (κ3) is 3.46. The van der Waals surface area contributed by atoms with Gasteiger partial charge in [-0.2, -0.15) is 0 Å². The second-order valence-electron chi connectivity index (χ2n) is 9.18. The Hall–Kier alpha value is -1.10. The Morgan fingerprint density at radius 2 is 1.71 bits per heavy atom. The number of urea groups is 1. The monoisotopic (exact) mass is 333 g/mol. The number of hydrogen-bond donors (Lipinski definition) is 2. The number of nitrogens with one attached hydrogen (secondary N) is 2. The molecule has 1 aliphatic heterocycles. The van der Waals surface area contributed by atoms with Gasteiger partial charge in [-0.05, 0) is 81.6 Å². The Balaban J connectivity index is 1.28. The molecular formula is C19H31N3O2. The van der Waals surface area contributed by atoms with Crippen LogP contribution in [-0.4, -0.2) is 42.0 Å². The van der Waals surface area contributed by atoms with Gasteiger partial charge in [-0.1, -0.05) is 6.92 Å². The molecule has 134 valence electrons. The summed E-state index contributed by atoms with van der Waals surface area (Å²) < 4.78 is 0. The van der Waals surface area contributed by atoms with Gasteiger partial charge in [0, 0.05) is 12.1 Å². The SMILES string of the molecule is C[C@@H]1CCCN(CC(=O)NC(=O)NC23CC4CC(CC(C4)C2)C3)C1. The standard InChI is InChI=1S/C19H31N3O2/c1-13-3-2-4-22(11-13)12-17(23)20-18(24)21-19-8-14-5-15(9-19)7-16(6-14)10-19/h13-16H,2-12H2,1H3,(H2,20,21,23,24)/t13-,14?,15?,16?,19?/m1/s1. The van der Waals surface area contributed by atoms with E-state index in [-0.39, 0.29) is 17.5 Å². The Labute approximate surface area is 144 Å². The predicted molar refractivity (Wildman–Crippen MR) is 92.4 cm³/mol. The molecule has 0 aromatic rings. The zero-order valence-corrected chi connectivity index (χ0v) is 14.9. The van der Waals surface area contributed by atoms with E-state index in [2.05, 4.69) is 22.5 Å². The van der Waals surface area contributed by atoms with E-state index in [0.717, 1.165) is 56.5 Å². The van der Waals surface area contributed by atoms with Gasteiger partial charge in [0.1, 0.15) is 0 Å². The first-order valence-electron chi connectivity index (χ1n) is 9.84. The van der Waals surface area contributed by atoms with Gasteiger partial charge in [0.2, 0.25) is 5.91 Å². The van der Waals surface area contributed by atoms with Crippen LogP contribution in [0.3, 0.4) is 0 Å². The van der Waals surface area contributed by atoms with E-state index >= 15 is 0 Å². The largest absolute Gasteiger partial charge is 0.332 e. The lowest BCUT2D eigenvalue weighted by Crippen LogP contribution is -2.62. The lowest BCUT2D eigenvalue weighted by Gasteiger charge is -2.56. The summed E-state index contributed by atoms with van der Waals surface area (Å²) in [6.07, 6.45) is 9.80. The van der Waals surface area contributed by atoms with Crippen LogP contribution < -0.4 is 10.6 Å². The van der Waals surface area contributed by atoms with E-state index in [4.69, 9.17) is 0 Å². The van der Waals surface area contributed by atoms with Crippen molar-refractivity contribution < 1.29 is 9.59 Å². The van der Waals surface area contributed by atoms with Gasteiger partial charge in [0.25, 0.3) is 0 Å². The molecule has 4 bridgehead atoms. The van der Waals surface area contributed by atoms with Gasteiger partial charge in [0.15, 0.2) is 0 Å². The van der Waals surface area contributed by atoms with Crippen LogP contribution in [0.15, 0.2) is 0 Å². The van der Waals surface area contributed by atoms with Crippen molar-refractivity contribution in [2.45, 2.75) is 63.8 Å². The highest BCUT2D eigenvalue weighted by Gasteiger charge is 2.51. The Bertz CT molecular complexity index is 483. The number of rotatable bonds is 3. The molecule has 5 fully saturated rings. The van der Waals surface area contributed by atoms with E-state index in [1.165, 1.54) is 25.7 Å². The van der Waals surface area contributed by atoms with Crippen LogP contribution in [0.1, 0.15) is 58.3 Å². The number of imide groups is 1. The molecule has 4 saturated carbocycles. The number of amides is 3. The number of carbonyl (C=O) groups excluding carboxylic acids is 2. The van der Waals surface area contributed by atoms with E-state index in [1.54, 1.807) is 0 Å². The van der Waals surface area contributed by atoms with Crippen LogP contribution in [0.25, 0.3) is 0 Å². The lowest BCUT2D eigenvalue weighted by molar-refractivity contribution is -0.121. The predicted octanol–water partition coefficient (Wildman–Crippen LogP) is 2.51. The van der Waals surface area contributed by atoms with Crippen molar-refractivity contribution in [1.29, 1.82) is 0 Å². The third-order valence-electron chi connectivity index (χ3n) is 6.78. The molecule has 0 radical (unpaired) electrons. The molecule has 1 heterocycles. The van der Waals surface area contributed by atoms with Crippen LogP contribution in [0.5, 0.6) is 0 Å². The van der Waals surface area contributed by atoms with Gasteiger partial charge in [0.05, 0.1) is 6.54 Å². The van der Waals surface area contributed by atoms with Crippen molar-refractivity contribution in [2.24, 2.45) is 23.7 Å². The smallest absolute Gasteiger partial charge is 0.321 e. The molecule has 4 aliphatic carbocycles. The summed E-state index contributed by atoms with van der Waals surface area (Å²) in [4.78, 5) is 26.8. The molecular weight excluding hydrogens is 302 g/mol. The van der Waals surface area contributed by atoms with Crippen LogP contribution in [0.4, 0.5) is 4.79 Å². The highest BCUT2D eigenvalue weighted by molar-refractivity contribution is 5.95. The minimum atomic E-state index is -0.271. The molecule has 5 aliphatic rings. The zero-order chi connectivity index (χ0) is 16.7. The molecule has 3 amide bonds. The van der Waals surface area contributed by atoms with Crippen molar-refractivity contribution in [3.05, 3.63) is 0 Å². The fourth-order valence-electron chi connectivity index (χ4n) is 6.34. The normalized spacial score (nSPS) is 41.2. The van der Waals surface area contributed by atoms with Crippen molar-refractivity contribution in [2.75, 3.05) is 19.6 Å². The van der Waals surface area contributed by atoms with E-state index < -0.39 is 0 Å². The molecule has 0 unspecified atom stereocenters. The summed E-state index contributed by atoms with van der Waals surface area (Å²) in [5, 5.41) is 5.80. The molecule has 5 rings (SSSR count). The summed E-state index contributed by atoms with van der Waals surface area (Å²) in [7, 11) is 0. The fourth-order valence-corrected chi connectivity index (χ4v) is 6.34. The average Bonchev–Trinajstić information content (AvgIpc) is 2.44. The summed E-state index contributed by atoms with van der Waals surface area (Å²) in [5.41, 5.74) is -0.0290. The minimum Gasteiger partial charge on any atom is -0.332 e. The average molecular weight is 333 g/mol. The Morgan fingerprint density at radius 1 is 1.08 bits per heavy atom. The highest BCUT2D eigenvalue weighted by atomic mass is 16.2. The maximum Gasteiger partial charge on any atom is 0.321 e. The molecule has 5 heteroatoms. The molecule has 1 atom stereocenters. The van der Waals surface area contributed by atoms with Gasteiger partial charge < -0.3 is 5.32 Å². The molecule has 0 spiro atoms. The quantitative estimate of drug-likeness (QED) is 0.834. The number of hydrogen-bond acceptors (Lipinski definition) is 3. The third-order valence-corrected chi connectivity index (χ3v) is 6.78. The molecule has 0 aromatic carbocycles. The van der Waals surface area contributed by atoms with E-state index in [9.17, 15) is 9.59 Å². The molecule has 1 saturated heterocycles. The number of likely N-dealkylation sites (tertiary alicyclic amines) is 1. The van der Waals surface area contributed by atoms with Crippen molar-refractivity contribution in [3.8, 4) is 0 Å². The summed E-state index contributed by atoms with van der Waals surface area (Å²) >= 11 is 0. The first kappa shape index (κ1) is 16.4. The molecule has 2 N–H and O–H groups in total. The minimum absolute atomic E-state index is 0.0290. The van der Waals surface area contributed by atoms with Crippen LogP contribution in [0, 0.1) is 23.7 Å². The van der Waals surface area contributed by atoms with Crippen molar-refractivity contribution >= 4 is 11.9 Å². The topological polar surface area (TPSA) is 61.4 Å². The number of carbonyl (C=O) groups is 2. The van der Waals surface area contributed by atoms with Crippen LogP contribution in [0.2, 0.25) is 0 Å². The molecule has 24 heavy (non-hydrogen) atoms. The van der Waals surface area contributed by atoms with Gasteiger partial charge in [-0.15, -0.1) is 0 Å². The van der Waals surface area contributed by atoms with Crippen LogP contribution in [-0.2, 0) is 4.79 Å². The summed E-state index contributed by atoms with van der Waals surface area (Å²) in [5.74, 6) is 2.87. The first-order chi connectivity index (χ1) is 11.5. The Kier molecular flexibility index (Phi) is 4.31. The van der Waals surface area contributed by atoms with Gasteiger partial charge in [-0.3, -0.25) is 15.0 Å². The number of nitrogens with zero attached hydrogens (tertiary/aromatic N) is 1. The van der Waals surface area contributed by atoms with Crippen LogP contribution >= 0.6 is 0 Å². The van der Waals surface area contributed by atoms with Gasteiger partial charge in [-0.25, -0.2) is 4.79 Å². The maximum absolute atomic E-state index is 12.4. The fraction of sp³-hybridized carbons (Fsp3) is 0.895. The summed E-state index contributed by atoms with van der Waals surface area (Å²) in [6, 6.07) is -0.271. The number of piperidine rings is 1. The summed E-state index contributed by atoms with van der Waals surface area (Å²) in [6.45, 7) is 4.50. The first-order valence-corrected chi connectivity index (χ1v) is 9.84. The molecule has 5 nitrogen and oxygen atoms in total. The lowest BCUT2D eigenvalue weighted by atomic mass is 9.53. The highest BCUT2D eigenvalue weighted by Crippen LogP contribution is 2.55. The van der Waals surface area contributed by atoms with Crippen molar-refractivity contribution in [1.82, 2.24) is 15.5 Å². The van der Waals surface area contributed by atoms with E-state index in [0.29, 0.717) is 12.5 Å². The maximum atomic E-state index is 12.4. The second-order valence-corrected chi connectivity index (χ2v) is 9.18. The van der Waals surface area contributed by atoms with Gasteiger partial charge >= 0.3 is 6.03 Å².